The zero-order chi connectivity index (χ0) is 9.68. The van der Waals surface area contributed by atoms with E-state index >= 15 is 0 Å². The molecule has 0 aromatic carbocycles. The summed E-state index contributed by atoms with van der Waals surface area (Å²) in [4.78, 5) is 24.3. The van der Waals surface area contributed by atoms with Gasteiger partial charge in [-0.2, -0.15) is 0 Å². The van der Waals surface area contributed by atoms with Crippen LogP contribution in [0.5, 0.6) is 0 Å². The van der Waals surface area contributed by atoms with Crippen LogP contribution in [0.2, 0.25) is 0 Å². The number of aromatic nitrogens is 1. The molecule has 1 aromatic rings. The molecule has 1 rings (SSSR count). The standard InChI is InChI=1S/C9H12N2O2/c1-7(12)9(13)11-6-4-8-3-2-5-10-8/h2-3,5,10H,4,6H2,1H3,(H,11,13). The van der Waals surface area contributed by atoms with E-state index in [1.54, 1.807) is 0 Å². The zero-order valence-corrected chi connectivity index (χ0v) is 7.46. The van der Waals surface area contributed by atoms with Gasteiger partial charge in [0.15, 0.2) is 0 Å². The Balaban J connectivity index is 2.22. The Morgan fingerprint density at radius 2 is 2.31 bits per heavy atom. The van der Waals surface area contributed by atoms with Gasteiger partial charge in [0.05, 0.1) is 0 Å². The first kappa shape index (κ1) is 9.51. The van der Waals surface area contributed by atoms with Crippen molar-refractivity contribution in [3.05, 3.63) is 24.0 Å². The van der Waals surface area contributed by atoms with Crippen LogP contribution in [0.4, 0.5) is 0 Å². The number of amides is 1. The molecule has 2 N–H and O–H groups in total. The molecule has 1 heterocycles. The number of carbonyl (C=O) groups is 2. The second kappa shape index (κ2) is 4.45. The van der Waals surface area contributed by atoms with Crippen molar-refractivity contribution in [1.29, 1.82) is 0 Å². The van der Waals surface area contributed by atoms with Crippen LogP contribution in [0.1, 0.15) is 12.6 Å². The maximum Gasteiger partial charge on any atom is 0.287 e. The number of carbonyl (C=O) groups excluding carboxylic acids is 2. The third kappa shape index (κ3) is 3.11. The Labute approximate surface area is 76.3 Å². The van der Waals surface area contributed by atoms with Crippen molar-refractivity contribution in [2.45, 2.75) is 13.3 Å². The summed E-state index contributed by atoms with van der Waals surface area (Å²) in [5.41, 5.74) is 1.05. The normalized spacial score (nSPS) is 9.62. The Bertz CT molecular complexity index is 291. The zero-order valence-electron chi connectivity index (χ0n) is 7.46. The third-order valence-electron chi connectivity index (χ3n) is 1.66. The van der Waals surface area contributed by atoms with Gasteiger partial charge in [0, 0.05) is 31.8 Å². The number of ketones is 1. The summed E-state index contributed by atoms with van der Waals surface area (Å²) in [5, 5.41) is 2.51. The van der Waals surface area contributed by atoms with Crippen molar-refractivity contribution in [3.63, 3.8) is 0 Å². The van der Waals surface area contributed by atoms with Crippen LogP contribution in [0, 0.1) is 0 Å². The highest BCUT2D eigenvalue weighted by Gasteiger charge is 2.05. The average molecular weight is 180 g/mol. The van der Waals surface area contributed by atoms with Gasteiger partial charge in [0.2, 0.25) is 5.78 Å². The van der Waals surface area contributed by atoms with Crippen molar-refractivity contribution in [1.82, 2.24) is 10.3 Å². The highest BCUT2D eigenvalue weighted by molar-refractivity contribution is 6.35. The average Bonchev–Trinajstić information content (AvgIpc) is 2.56. The van der Waals surface area contributed by atoms with Crippen LogP contribution >= 0.6 is 0 Å². The van der Waals surface area contributed by atoms with Crippen LogP contribution in [0.15, 0.2) is 18.3 Å². The molecular weight excluding hydrogens is 168 g/mol. The van der Waals surface area contributed by atoms with Crippen LogP contribution < -0.4 is 5.32 Å². The molecule has 0 aliphatic heterocycles. The third-order valence-corrected chi connectivity index (χ3v) is 1.66. The highest BCUT2D eigenvalue weighted by Crippen LogP contribution is 1.93. The molecular formula is C9H12N2O2. The fourth-order valence-electron chi connectivity index (χ4n) is 0.958. The molecule has 4 heteroatoms. The highest BCUT2D eigenvalue weighted by atomic mass is 16.2. The molecule has 0 bridgehead atoms. The first-order chi connectivity index (χ1) is 6.20. The molecule has 0 fully saturated rings. The van der Waals surface area contributed by atoms with Crippen molar-refractivity contribution in [2.24, 2.45) is 0 Å². The molecule has 0 aliphatic carbocycles. The largest absolute Gasteiger partial charge is 0.365 e. The molecule has 1 aromatic heterocycles. The first-order valence-corrected chi connectivity index (χ1v) is 4.11. The number of rotatable bonds is 4. The molecule has 0 unspecified atom stereocenters. The fourth-order valence-corrected chi connectivity index (χ4v) is 0.958. The van der Waals surface area contributed by atoms with Gasteiger partial charge in [-0.05, 0) is 12.1 Å². The SMILES string of the molecule is CC(=O)C(=O)NCCc1ccc[nH]1. The number of Topliss-reactive ketones (excluding diaryl/α,β-unsaturated/α-hetero) is 1. The van der Waals surface area contributed by atoms with Crippen LogP contribution in [-0.2, 0) is 16.0 Å². The van der Waals surface area contributed by atoms with Gasteiger partial charge in [-0.1, -0.05) is 0 Å². The fraction of sp³-hybridized carbons (Fsp3) is 0.333. The summed E-state index contributed by atoms with van der Waals surface area (Å²) < 4.78 is 0. The second-order valence-corrected chi connectivity index (χ2v) is 2.76. The quantitative estimate of drug-likeness (QED) is 0.653. The van der Waals surface area contributed by atoms with Crippen molar-refractivity contribution in [3.8, 4) is 0 Å². The summed E-state index contributed by atoms with van der Waals surface area (Å²) in [6.07, 6.45) is 2.54. The molecule has 0 spiro atoms. The van der Waals surface area contributed by atoms with Crippen molar-refractivity contribution >= 4 is 11.7 Å². The van der Waals surface area contributed by atoms with E-state index in [1.165, 1.54) is 6.92 Å². The maximum atomic E-state index is 10.8. The molecule has 4 nitrogen and oxygen atoms in total. The summed E-state index contributed by atoms with van der Waals surface area (Å²) in [5.74, 6) is -0.974. The van der Waals surface area contributed by atoms with E-state index < -0.39 is 11.7 Å². The van der Waals surface area contributed by atoms with E-state index in [9.17, 15) is 9.59 Å². The smallest absolute Gasteiger partial charge is 0.287 e. The molecule has 0 saturated heterocycles. The number of hydrogen-bond acceptors (Lipinski definition) is 2. The van der Waals surface area contributed by atoms with Gasteiger partial charge in [-0.25, -0.2) is 0 Å². The number of aromatic amines is 1. The molecule has 0 radical (unpaired) electrons. The van der Waals surface area contributed by atoms with Gasteiger partial charge in [0.1, 0.15) is 0 Å². The van der Waals surface area contributed by atoms with Crippen molar-refractivity contribution in [2.75, 3.05) is 6.54 Å². The second-order valence-electron chi connectivity index (χ2n) is 2.76. The van der Waals surface area contributed by atoms with Crippen LogP contribution in [0.25, 0.3) is 0 Å². The molecule has 70 valence electrons. The van der Waals surface area contributed by atoms with E-state index in [0.29, 0.717) is 13.0 Å². The van der Waals surface area contributed by atoms with E-state index in [4.69, 9.17) is 0 Å². The minimum Gasteiger partial charge on any atom is -0.365 e. The Hall–Kier alpha value is -1.58. The van der Waals surface area contributed by atoms with Gasteiger partial charge >= 0.3 is 0 Å². The van der Waals surface area contributed by atoms with Crippen LogP contribution in [0.3, 0.4) is 0 Å². The Kier molecular flexibility index (Phi) is 3.25. The van der Waals surface area contributed by atoms with Crippen molar-refractivity contribution < 1.29 is 9.59 Å². The molecule has 0 saturated carbocycles. The molecule has 13 heavy (non-hydrogen) atoms. The Morgan fingerprint density at radius 1 is 1.54 bits per heavy atom. The first-order valence-electron chi connectivity index (χ1n) is 4.11. The van der Waals surface area contributed by atoms with E-state index in [-0.39, 0.29) is 0 Å². The van der Waals surface area contributed by atoms with E-state index in [0.717, 1.165) is 5.69 Å². The lowest BCUT2D eigenvalue weighted by atomic mass is 10.3. The number of H-pyrrole nitrogens is 1. The van der Waals surface area contributed by atoms with Gasteiger partial charge in [-0.15, -0.1) is 0 Å². The lowest BCUT2D eigenvalue weighted by Crippen LogP contribution is -2.30. The predicted octanol–water partition coefficient (Wildman–Crippen LogP) is 0.262. The molecule has 0 atom stereocenters. The lowest BCUT2D eigenvalue weighted by molar-refractivity contribution is -0.136. The molecule has 1 amide bonds. The number of hydrogen-bond donors (Lipinski definition) is 2. The lowest BCUT2D eigenvalue weighted by Gasteiger charge is -2.00. The Morgan fingerprint density at radius 3 is 2.85 bits per heavy atom. The van der Waals surface area contributed by atoms with Gasteiger partial charge < -0.3 is 10.3 Å². The van der Waals surface area contributed by atoms with Crippen LogP contribution in [-0.4, -0.2) is 23.2 Å². The summed E-state index contributed by atoms with van der Waals surface area (Å²) in [6, 6.07) is 3.82. The number of nitrogens with one attached hydrogen (secondary N) is 2. The monoisotopic (exact) mass is 180 g/mol. The van der Waals surface area contributed by atoms with Gasteiger partial charge in [0.25, 0.3) is 5.91 Å². The summed E-state index contributed by atoms with van der Waals surface area (Å²) >= 11 is 0. The molecule has 0 aliphatic rings. The minimum absolute atomic E-state index is 0.452. The van der Waals surface area contributed by atoms with E-state index in [2.05, 4.69) is 10.3 Å². The van der Waals surface area contributed by atoms with E-state index in [1.807, 2.05) is 18.3 Å². The van der Waals surface area contributed by atoms with Gasteiger partial charge in [-0.3, -0.25) is 9.59 Å². The summed E-state index contributed by atoms with van der Waals surface area (Å²) in [6.45, 7) is 1.74. The maximum absolute atomic E-state index is 10.8. The topological polar surface area (TPSA) is 62.0 Å². The predicted molar refractivity (Wildman–Crippen MR) is 48.2 cm³/mol. The minimum atomic E-state index is -0.522. The summed E-state index contributed by atoms with van der Waals surface area (Å²) in [7, 11) is 0.